The predicted molar refractivity (Wildman–Crippen MR) is 76.5 cm³/mol. The molecule has 1 amide bonds. The van der Waals surface area contributed by atoms with Crippen LogP contribution >= 0.6 is 0 Å². The van der Waals surface area contributed by atoms with Crippen molar-refractivity contribution in [2.24, 2.45) is 0 Å². The molecule has 0 aliphatic heterocycles. The Hall–Kier alpha value is -2.00. The number of sulfonamides is 1. The van der Waals surface area contributed by atoms with Gasteiger partial charge in [-0.25, -0.2) is 22.9 Å². The quantitative estimate of drug-likeness (QED) is 0.670. The Balaban J connectivity index is 2.72. The number of nitrogens with zero attached hydrogens (tertiary/aromatic N) is 1. The number of pyridine rings is 1. The third kappa shape index (κ3) is 5.48. The number of aromatic nitrogens is 1. The number of carbonyl (C=O) groups excluding carboxylic acids is 1. The van der Waals surface area contributed by atoms with Gasteiger partial charge in [-0.2, -0.15) is 0 Å². The fourth-order valence-corrected chi connectivity index (χ4v) is 2.83. The van der Waals surface area contributed by atoms with E-state index in [2.05, 4.69) is 15.0 Å². The van der Waals surface area contributed by atoms with Gasteiger partial charge in [-0.1, -0.05) is 6.92 Å². The van der Waals surface area contributed by atoms with Gasteiger partial charge in [0.25, 0.3) is 0 Å². The first-order valence-corrected chi connectivity index (χ1v) is 7.90. The molecule has 1 unspecified atom stereocenters. The Kier molecular flexibility index (Phi) is 5.79. The number of hydrogen-bond donors (Lipinski definition) is 3. The first-order valence-electron chi connectivity index (χ1n) is 6.25. The van der Waals surface area contributed by atoms with E-state index in [1.807, 2.05) is 0 Å². The van der Waals surface area contributed by atoms with Crippen molar-refractivity contribution in [3.8, 4) is 0 Å². The van der Waals surface area contributed by atoms with Crippen LogP contribution < -0.4 is 10.0 Å². The number of amides is 1. The maximum absolute atomic E-state index is 11.9. The average Bonchev–Trinajstić information content (AvgIpc) is 2.38. The summed E-state index contributed by atoms with van der Waals surface area (Å²) in [4.78, 5) is 26.2. The molecule has 0 aliphatic carbocycles. The van der Waals surface area contributed by atoms with Crippen LogP contribution in [0.3, 0.4) is 0 Å². The smallest absolute Gasteiger partial charge is 0.354 e. The van der Waals surface area contributed by atoms with Gasteiger partial charge in [0.1, 0.15) is 5.69 Å². The molecular weight excluding hydrogens is 298 g/mol. The van der Waals surface area contributed by atoms with Gasteiger partial charge in [-0.3, -0.25) is 4.79 Å². The summed E-state index contributed by atoms with van der Waals surface area (Å²) in [5, 5.41) is 11.2. The molecule has 8 nitrogen and oxygen atoms in total. The maximum atomic E-state index is 11.9. The van der Waals surface area contributed by atoms with Crippen LogP contribution in [0.25, 0.3) is 0 Å². The lowest BCUT2D eigenvalue weighted by Crippen LogP contribution is -2.42. The van der Waals surface area contributed by atoms with Gasteiger partial charge in [0.2, 0.25) is 15.9 Å². The molecule has 0 aliphatic rings. The van der Waals surface area contributed by atoms with Crippen LogP contribution in [0.5, 0.6) is 0 Å². The van der Waals surface area contributed by atoms with E-state index in [9.17, 15) is 18.0 Å². The van der Waals surface area contributed by atoms with Crippen molar-refractivity contribution in [3.05, 3.63) is 24.0 Å². The fourth-order valence-electron chi connectivity index (χ4n) is 1.53. The van der Waals surface area contributed by atoms with Crippen LogP contribution in [0.4, 0.5) is 5.69 Å². The monoisotopic (exact) mass is 315 g/mol. The van der Waals surface area contributed by atoms with E-state index >= 15 is 0 Å². The third-order valence-corrected chi connectivity index (χ3v) is 4.13. The molecule has 1 aromatic rings. The number of rotatable bonds is 7. The molecule has 0 spiro atoms. The first-order chi connectivity index (χ1) is 9.75. The lowest BCUT2D eigenvalue weighted by Gasteiger charge is -2.14. The average molecular weight is 315 g/mol. The van der Waals surface area contributed by atoms with Crippen LogP contribution in [0.15, 0.2) is 18.3 Å². The van der Waals surface area contributed by atoms with Crippen LogP contribution in [-0.2, 0) is 14.8 Å². The van der Waals surface area contributed by atoms with Crippen molar-refractivity contribution in [2.75, 3.05) is 11.1 Å². The Labute approximate surface area is 122 Å². The summed E-state index contributed by atoms with van der Waals surface area (Å²) < 4.78 is 25.4. The highest BCUT2D eigenvalue weighted by atomic mass is 32.2. The summed E-state index contributed by atoms with van der Waals surface area (Å²) in [6, 6.07) is 1.63. The Bertz CT molecular complexity index is 630. The molecule has 1 atom stereocenters. The SMILES string of the molecule is CCCS(=O)(=O)NC(C)C(=O)Nc1ccnc(C(=O)O)c1. The van der Waals surface area contributed by atoms with Gasteiger partial charge in [-0.15, -0.1) is 0 Å². The molecule has 0 radical (unpaired) electrons. The topological polar surface area (TPSA) is 125 Å². The van der Waals surface area contributed by atoms with Crippen molar-refractivity contribution in [1.29, 1.82) is 0 Å². The molecule has 1 heterocycles. The number of hydrogen-bond acceptors (Lipinski definition) is 5. The fraction of sp³-hybridized carbons (Fsp3) is 0.417. The predicted octanol–water partition coefficient (Wildman–Crippen LogP) is 0.436. The van der Waals surface area contributed by atoms with E-state index in [1.165, 1.54) is 25.3 Å². The van der Waals surface area contributed by atoms with Gasteiger partial charge in [-0.05, 0) is 25.5 Å². The number of nitrogens with one attached hydrogen (secondary N) is 2. The zero-order chi connectivity index (χ0) is 16.0. The van der Waals surface area contributed by atoms with E-state index < -0.39 is 27.9 Å². The number of anilines is 1. The first kappa shape index (κ1) is 17.1. The molecule has 3 N–H and O–H groups in total. The number of carbonyl (C=O) groups is 2. The minimum absolute atomic E-state index is 0.0664. The van der Waals surface area contributed by atoms with Gasteiger partial charge in [0, 0.05) is 11.9 Å². The summed E-state index contributed by atoms with van der Waals surface area (Å²) in [6.45, 7) is 3.12. The molecule has 0 saturated carbocycles. The second-order valence-corrected chi connectivity index (χ2v) is 6.26. The standard InChI is InChI=1S/C12H17N3O5S/c1-3-6-21(19,20)15-8(2)11(16)14-9-4-5-13-10(7-9)12(17)18/h4-5,7-8,15H,3,6H2,1-2H3,(H,17,18)(H,13,14,16). The van der Waals surface area contributed by atoms with E-state index in [1.54, 1.807) is 6.92 Å². The van der Waals surface area contributed by atoms with Crippen molar-refractivity contribution in [2.45, 2.75) is 26.3 Å². The zero-order valence-electron chi connectivity index (χ0n) is 11.7. The Morgan fingerprint density at radius 2 is 2.10 bits per heavy atom. The summed E-state index contributed by atoms with van der Waals surface area (Å²) in [6.07, 6.45) is 1.68. The second kappa shape index (κ2) is 7.14. The van der Waals surface area contributed by atoms with Crippen molar-refractivity contribution < 1.29 is 23.1 Å². The Morgan fingerprint density at radius 1 is 1.43 bits per heavy atom. The number of carboxylic acids is 1. The van der Waals surface area contributed by atoms with Crippen LogP contribution in [0, 0.1) is 0 Å². The largest absolute Gasteiger partial charge is 0.477 e. The third-order valence-electron chi connectivity index (χ3n) is 2.47. The van der Waals surface area contributed by atoms with Crippen LogP contribution in [-0.4, -0.2) is 42.2 Å². The summed E-state index contributed by atoms with van der Waals surface area (Å²) >= 11 is 0. The van der Waals surface area contributed by atoms with Gasteiger partial charge in [0.15, 0.2) is 0 Å². The van der Waals surface area contributed by atoms with Crippen molar-refractivity contribution >= 4 is 27.6 Å². The molecule has 21 heavy (non-hydrogen) atoms. The molecule has 0 saturated heterocycles. The lowest BCUT2D eigenvalue weighted by molar-refractivity contribution is -0.117. The van der Waals surface area contributed by atoms with Crippen molar-refractivity contribution in [3.63, 3.8) is 0 Å². The molecule has 116 valence electrons. The summed E-state index contributed by atoms with van der Waals surface area (Å²) in [7, 11) is -3.51. The van der Waals surface area contributed by atoms with E-state index in [4.69, 9.17) is 5.11 Å². The molecule has 1 rings (SSSR count). The molecular formula is C12H17N3O5S. The van der Waals surface area contributed by atoms with E-state index in [-0.39, 0.29) is 17.1 Å². The molecule has 0 bridgehead atoms. The number of carboxylic acid groups (broad SMARTS) is 1. The zero-order valence-corrected chi connectivity index (χ0v) is 12.5. The van der Waals surface area contributed by atoms with Gasteiger partial charge < -0.3 is 10.4 Å². The minimum Gasteiger partial charge on any atom is -0.477 e. The molecule has 0 fully saturated rings. The van der Waals surface area contributed by atoms with Crippen molar-refractivity contribution in [1.82, 2.24) is 9.71 Å². The van der Waals surface area contributed by atoms with E-state index in [0.29, 0.717) is 6.42 Å². The van der Waals surface area contributed by atoms with Gasteiger partial charge >= 0.3 is 5.97 Å². The molecule has 1 aromatic heterocycles. The normalized spacial score (nSPS) is 12.7. The van der Waals surface area contributed by atoms with E-state index in [0.717, 1.165) is 0 Å². The second-order valence-electron chi connectivity index (χ2n) is 4.38. The summed E-state index contributed by atoms with van der Waals surface area (Å²) in [5.41, 5.74) is 0.0148. The molecule has 0 aromatic carbocycles. The Morgan fingerprint density at radius 3 is 2.67 bits per heavy atom. The maximum Gasteiger partial charge on any atom is 0.354 e. The summed E-state index contributed by atoms with van der Waals surface area (Å²) in [5.74, 6) is -1.87. The number of aromatic carboxylic acids is 1. The minimum atomic E-state index is -3.51. The van der Waals surface area contributed by atoms with Crippen LogP contribution in [0.1, 0.15) is 30.8 Å². The highest BCUT2D eigenvalue weighted by Gasteiger charge is 2.20. The van der Waals surface area contributed by atoms with Gasteiger partial charge in [0.05, 0.1) is 11.8 Å². The lowest BCUT2D eigenvalue weighted by atomic mass is 10.3. The molecule has 9 heteroatoms. The van der Waals surface area contributed by atoms with Crippen LogP contribution in [0.2, 0.25) is 0 Å². The highest BCUT2D eigenvalue weighted by Crippen LogP contribution is 2.08. The highest BCUT2D eigenvalue weighted by molar-refractivity contribution is 7.89.